The first-order chi connectivity index (χ1) is 9.39. The molecule has 0 bridgehead atoms. The molecule has 0 radical (unpaired) electrons. The average molecular weight is 326 g/mol. The highest BCUT2D eigenvalue weighted by Gasteiger charge is 2.31. The summed E-state index contributed by atoms with van der Waals surface area (Å²) in [4.78, 5) is 0. The van der Waals surface area contributed by atoms with Crippen LogP contribution in [0.25, 0.3) is 11.5 Å². The molecule has 0 aliphatic carbocycles. The highest BCUT2D eigenvalue weighted by Crippen LogP contribution is 2.26. The number of aliphatic hydroxyl groups excluding tert-OH is 1. The van der Waals surface area contributed by atoms with E-state index < -0.39 is 12.4 Å². The number of halogens is 4. The Labute approximate surface area is 123 Å². The average Bonchev–Trinajstić information content (AvgIpc) is 2.86. The van der Waals surface area contributed by atoms with E-state index in [1.165, 1.54) is 12.1 Å². The van der Waals surface area contributed by atoms with E-state index in [9.17, 15) is 13.2 Å². The van der Waals surface area contributed by atoms with Crippen LogP contribution in [-0.2, 0) is 0 Å². The van der Waals surface area contributed by atoms with Gasteiger partial charge in [0.1, 0.15) is 11.8 Å². The molecule has 0 saturated heterocycles. The highest BCUT2D eigenvalue weighted by atomic mass is 35.5. The zero-order chi connectivity index (χ0) is 14.8. The van der Waals surface area contributed by atoms with Crippen molar-refractivity contribution in [3.63, 3.8) is 0 Å². The Morgan fingerprint density at radius 1 is 1.24 bits per heavy atom. The van der Waals surface area contributed by atoms with Crippen molar-refractivity contribution in [2.75, 3.05) is 6.61 Å². The molecule has 1 aromatic carbocycles. The van der Waals surface area contributed by atoms with Gasteiger partial charge in [-0.25, -0.2) is 0 Å². The van der Waals surface area contributed by atoms with Gasteiger partial charge in [-0.15, -0.1) is 35.8 Å². The number of benzene rings is 1. The molecule has 0 fully saturated rings. The minimum atomic E-state index is -4.74. The SMILES string of the molecule is Cl.NC(CO)c1nnc(-c2ccc(OC(F)(F)F)cc2)o1. The molecular formula is C11H11ClF3N3O3. The van der Waals surface area contributed by atoms with Gasteiger partial charge < -0.3 is 20.0 Å². The van der Waals surface area contributed by atoms with Gasteiger partial charge in [0.05, 0.1) is 6.61 Å². The topological polar surface area (TPSA) is 94.4 Å². The summed E-state index contributed by atoms with van der Waals surface area (Å²) in [5.74, 6) is -0.228. The van der Waals surface area contributed by atoms with Crippen LogP contribution >= 0.6 is 12.4 Å². The van der Waals surface area contributed by atoms with Crippen molar-refractivity contribution in [1.82, 2.24) is 10.2 Å². The predicted molar refractivity (Wildman–Crippen MR) is 67.7 cm³/mol. The van der Waals surface area contributed by atoms with Crippen molar-refractivity contribution in [3.05, 3.63) is 30.2 Å². The molecule has 10 heteroatoms. The Kier molecular flexibility index (Phi) is 5.53. The van der Waals surface area contributed by atoms with Crippen LogP contribution in [0.3, 0.4) is 0 Å². The summed E-state index contributed by atoms with van der Waals surface area (Å²) in [6.45, 7) is -0.361. The second-order valence-electron chi connectivity index (χ2n) is 3.81. The second kappa shape index (κ2) is 6.74. The third-order valence-electron chi connectivity index (χ3n) is 2.29. The second-order valence-corrected chi connectivity index (χ2v) is 3.81. The van der Waals surface area contributed by atoms with Crippen LogP contribution in [0.2, 0.25) is 0 Å². The first-order valence-electron chi connectivity index (χ1n) is 5.45. The molecule has 3 N–H and O–H groups in total. The fourth-order valence-corrected chi connectivity index (χ4v) is 1.38. The number of rotatable bonds is 4. The molecule has 1 aromatic heterocycles. The Bertz CT molecular complexity index is 574. The van der Waals surface area contributed by atoms with Crippen molar-refractivity contribution < 1.29 is 27.4 Å². The van der Waals surface area contributed by atoms with Gasteiger partial charge in [-0.3, -0.25) is 0 Å². The van der Waals surface area contributed by atoms with Crippen LogP contribution in [0.4, 0.5) is 13.2 Å². The minimum absolute atomic E-state index is 0. The standard InChI is InChI=1S/C11H10F3N3O3.ClH/c12-11(13,14)20-7-3-1-6(2-4-7)9-16-17-10(19-9)8(15)5-18;/h1-4,8,18H,5,15H2;1H. The van der Waals surface area contributed by atoms with Gasteiger partial charge in [-0.2, -0.15) is 0 Å². The van der Waals surface area contributed by atoms with Crippen LogP contribution in [0, 0.1) is 0 Å². The van der Waals surface area contributed by atoms with Crippen molar-refractivity contribution >= 4 is 12.4 Å². The molecule has 0 aliphatic rings. The number of ether oxygens (including phenoxy) is 1. The summed E-state index contributed by atoms with van der Waals surface area (Å²) >= 11 is 0. The van der Waals surface area contributed by atoms with Gasteiger partial charge >= 0.3 is 6.36 Å². The summed E-state index contributed by atoms with van der Waals surface area (Å²) in [7, 11) is 0. The van der Waals surface area contributed by atoms with Crippen LogP contribution in [0.5, 0.6) is 5.75 Å². The fourth-order valence-electron chi connectivity index (χ4n) is 1.38. The summed E-state index contributed by atoms with van der Waals surface area (Å²) in [6.07, 6.45) is -4.74. The molecule has 2 aromatic rings. The van der Waals surface area contributed by atoms with Gasteiger partial charge in [0.2, 0.25) is 11.8 Å². The molecule has 1 atom stereocenters. The molecular weight excluding hydrogens is 315 g/mol. The molecule has 1 heterocycles. The Morgan fingerprint density at radius 3 is 2.38 bits per heavy atom. The van der Waals surface area contributed by atoms with Crippen LogP contribution < -0.4 is 10.5 Å². The smallest absolute Gasteiger partial charge is 0.419 e. The number of aliphatic hydroxyl groups is 1. The summed E-state index contributed by atoms with van der Waals surface area (Å²) < 4.78 is 44.9. The summed E-state index contributed by atoms with van der Waals surface area (Å²) in [5, 5.41) is 16.2. The lowest BCUT2D eigenvalue weighted by Crippen LogP contribution is -2.16. The number of hydrogen-bond acceptors (Lipinski definition) is 6. The molecule has 116 valence electrons. The first-order valence-corrected chi connectivity index (χ1v) is 5.45. The molecule has 0 amide bonds. The van der Waals surface area contributed by atoms with E-state index in [2.05, 4.69) is 14.9 Å². The lowest BCUT2D eigenvalue weighted by molar-refractivity contribution is -0.274. The lowest BCUT2D eigenvalue weighted by atomic mass is 10.2. The molecule has 0 aliphatic heterocycles. The Morgan fingerprint density at radius 2 is 1.86 bits per heavy atom. The van der Waals surface area contributed by atoms with E-state index in [1.54, 1.807) is 0 Å². The summed E-state index contributed by atoms with van der Waals surface area (Å²) in [5.41, 5.74) is 5.89. The van der Waals surface area contributed by atoms with Gasteiger partial charge in [-0.1, -0.05) is 0 Å². The van der Waals surface area contributed by atoms with Crippen LogP contribution in [0.1, 0.15) is 11.9 Å². The fraction of sp³-hybridized carbons (Fsp3) is 0.273. The third-order valence-corrected chi connectivity index (χ3v) is 2.29. The van der Waals surface area contributed by atoms with E-state index in [1.807, 2.05) is 0 Å². The number of nitrogens with zero attached hydrogens (tertiary/aromatic N) is 2. The quantitative estimate of drug-likeness (QED) is 0.893. The molecule has 2 rings (SSSR count). The van der Waals surface area contributed by atoms with Crippen molar-refractivity contribution in [3.8, 4) is 17.2 Å². The number of hydrogen-bond donors (Lipinski definition) is 2. The van der Waals surface area contributed by atoms with Gasteiger partial charge in [0.25, 0.3) is 0 Å². The normalized spacial score (nSPS) is 12.6. The monoisotopic (exact) mass is 325 g/mol. The molecule has 1 unspecified atom stereocenters. The number of aromatic nitrogens is 2. The number of alkyl halides is 3. The van der Waals surface area contributed by atoms with Gasteiger partial charge in [0, 0.05) is 5.56 Å². The zero-order valence-electron chi connectivity index (χ0n) is 10.4. The largest absolute Gasteiger partial charge is 0.573 e. The van der Waals surface area contributed by atoms with E-state index in [4.69, 9.17) is 15.3 Å². The van der Waals surface area contributed by atoms with E-state index in [0.717, 1.165) is 12.1 Å². The van der Waals surface area contributed by atoms with Gasteiger partial charge in [-0.05, 0) is 24.3 Å². The van der Waals surface area contributed by atoms with Crippen LogP contribution in [0.15, 0.2) is 28.7 Å². The van der Waals surface area contributed by atoms with Crippen LogP contribution in [-0.4, -0.2) is 28.3 Å². The molecule has 6 nitrogen and oxygen atoms in total. The Balaban J connectivity index is 0.00000220. The number of nitrogens with two attached hydrogens (primary N) is 1. The van der Waals surface area contributed by atoms with Crippen molar-refractivity contribution in [1.29, 1.82) is 0 Å². The van der Waals surface area contributed by atoms with Crippen molar-refractivity contribution in [2.45, 2.75) is 12.4 Å². The molecule has 0 saturated carbocycles. The van der Waals surface area contributed by atoms with Gasteiger partial charge in [0.15, 0.2) is 0 Å². The zero-order valence-corrected chi connectivity index (χ0v) is 11.2. The van der Waals surface area contributed by atoms with E-state index >= 15 is 0 Å². The van der Waals surface area contributed by atoms with Crippen molar-refractivity contribution in [2.24, 2.45) is 5.73 Å². The maximum Gasteiger partial charge on any atom is 0.573 e. The van der Waals surface area contributed by atoms with E-state index in [-0.39, 0.29) is 36.5 Å². The highest BCUT2D eigenvalue weighted by molar-refractivity contribution is 5.85. The summed E-state index contributed by atoms with van der Waals surface area (Å²) in [6, 6.07) is 4.12. The maximum atomic E-state index is 12.0. The predicted octanol–water partition coefficient (Wildman–Crippen LogP) is 2.05. The molecule has 0 spiro atoms. The first kappa shape index (κ1) is 17.2. The van der Waals surface area contributed by atoms with E-state index in [0.29, 0.717) is 5.56 Å². The third kappa shape index (κ3) is 4.59. The Hall–Kier alpha value is -1.84. The maximum absolute atomic E-state index is 12.0. The minimum Gasteiger partial charge on any atom is -0.419 e. The molecule has 21 heavy (non-hydrogen) atoms. The lowest BCUT2D eigenvalue weighted by Gasteiger charge is -2.08.